The monoisotopic (exact) mass is 443 g/mol. The van der Waals surface area contributed by atoms with Crippen molar-refractivity contribution >= 4 is 34.5 Å². The Hall–Kier alpha value is -2.94. The van der Waals surface area contributed by atoms with Crippen LogP contribution in [0.15, 0.2) is 30.6 Å². The first kappa shape index (κ1) is 21.3. The third-order valence-electron chi connectivity index (χ3n) is 5.39. The van der Waals surface area contributed by atoms with Crippen molar-refractivity contribution in [3.8, 4) is 11.4 Å². The van der Waals surface area contributed by atoms with Crippen molar-refractivity contribution < 1.29 is 9.53 Å². The second kappa shape index (κ2) is 8.66. The number of carbonyl (C=O) groups is 1. The predicted molar refractivity (Wildman–Crippen MR) is 119 cm³/mol. The highest BCUT2D eigenvalue weighted by atomic mass is 35.5. The van der Waals surface area contributed by atoms with Crippen LogP contribution in [-0.4, -0.2) is 74.4 Å². The van der Waals surface area contributed by atoms with Crippen LogP contribution in [0.25, 0.3) is 16.9 Å². The molecule has 3 heterocycles. The van der Waals surface area contributed by atoms with Crippen LogP contribution in [0.4, 0.5) is 5.82 Å². The molecule has 1 amide bonds. The Morgan fingerprint density at radius 1 is 1.13 bits per heavy atom. The van der Waals surface area contributed by atoms with E-state index in [-0.39, 0.29) is 5.91 Å². The van der Waals surface area contributed by atoms with Gasteiger partial charge in [-0.15, -0.1) is 16.7 Å². The van der Waals surface area contributed by atoms with Crippen molar-refractivity contribution in [1.29, 1.82) is 0 Å². The van der Waals surface area contributed by atoms with Crippen molar-refractivity contribution in [3.05, 3.63) is 30.6 Å². The van der Waals surface area contributed by atoms with E-state index < -0.39 is 5.41 Å². The van der Waals surface area contributed by atoms with Crippen LogP contribution in [-0.2, 0) is 4.79 Å². The van der Waals surface area contributed by atoms with Gasteiger partial charge < -0.3 is 14.5 Å². The van der Waals surface area contributed by atoms with Crippen molar-refractivity contribution in [2.45, 2.75) is 20.8 Å². The highest BCUT2D eigenvalue weighted by Crippen LogP contribution is 2.26. The van der Waals surface area contributed by atoms with Gasteiger partial charge in [0.1, 0.15) is 12.1 Å². The second-order valence-corrected chi connectivity index (χ2v) is 8.36. The van der Waals surface area contributed by atoms with Crippen LogP contribution in [0.2, 0.25) is 0 Å². The molecule has 164 valence electrons. The normalized spacial score (nSPS) is 14.8. The zero-order chi connectivity index (χ0) is 22.0. The molecule has 0 bridgehead atoms. The number of hydrogen-bond donors (Lipinski definition) is 0. The molecule has 1 aromatic carbocycles. The smallest absolute Gasteiger partial charge is 0.229 e. The predicted octanol–water partition coefficient (Wildman–Crippen LogP) is 2.52. The zero-order valence-corrected chi connectivity index (χ0v) is 18.7. The molecule has 0 unspecified atom stereocenters. The van der Waals surface area contributed by atoms with E-state index in [1.165, 1.54) is 6.33 Å². The summed E-state index contributed by atoms with van der Waals surface area (Å²) in [6.45, 7) is 8.85. The number of carbonyl (C=O) groups excluding carboxylic acids is 1. The molecular weight excluding hydrogens is 418 g/mol. The zero-order valence-electron chi connectivity index (χ0n) is 18.0. The fourth-order valence-corrected chi connectivity index (χ4v) is 3.71. The summed E-state index contributed by atoms with van der Waals surface area (Å²) in [6, 6.07) is 7.63. The highest BCUT2D eigenvalue weighted by molar-refractivity contribution is 6.19. The van der Waals surface area contributed by atoms with Gasteiger partial charge in [-0.1, -0.05) is 5.21 Å². The number of amides is 1. The first-order chi connectivity index (χ1) is 14.9. The topological polar surface area (TPSA) is 89.3 Å². The van der Waals surface area contributed by atoms with E-state index in [0.717, 1.165) is 17.3 Å². The fraction of sp³-hybridized carbons (Fsp3) is 0.476. The molecule has 31 heavy (non-hydrogen) atoms. The molecule has 1 fully saturated rings. The molecule has 0 N–H and O–H groups in total. The van der Waals surface area contributed by atoms with Crippen molar-refractivity contribution in [2.75, 3.05) is 43.6 Å². The molecule has 1 aliphatic heterocycles. The van der Waals surface area contributed by atoms with Crippen molar-refractivity contribution in [3.63, 3.8) is 0 Å². The van der Waals surface area contributed by atoms with Crippen LogP contribution in [0, 0.1) is 5.41 Å². The van der Waals surface area contributed by atoms with Crippen LogP contribution in [0.3, 0.4) is 0 Å². The van der Waals surface area contributed by atoms with E-state index >= 15 is 0 Å². The summed E-state index contributed by atoms with van der Waals surface area (Å²) in [5.74, 6) is 1.91. The lowest BCUT2D eigenvalue weighted by Gasteiger charge is -2.38. The van der Waals surface area contributed by atoms with Crippen LogP contribution >= 0.6 is 11.6 Å². The minimum Gasteiger partial charge on any atom is -0.494 e. The SMILES string of the molecule is CCOc1ccc(-n2nnc3c(N4CCN(C(=O)C(C)(C)CCl)CC4)ncnc32)cc1. The van der Waals surface area contributed by atoms with Gasteiger partial charge >= 0.3 is 0 Å². The fourth-order valence-electron chi connectivity index (χ4n) is 3.60. The minimum atomic E-state index is -0.563. The number of benzene rings is 1. The van der Waals surface area contributed by atoms with Gasteiger partial charge in [-0.3, -0.25) is 4.79 Å². The van der Waals surface area contributed by atoms with Gasteiger partial charge in [-0.25, -0.2) is 9.97 Å². The molecular formula is C21H26ClN7O2. The summed E-state index contributed by atoms with van der Waals surface area (Å²) in [6.07, 6.45) is 1.53. The summed E-state index contributed by atoms with van der Waals surface area (Å²) < 4.78 is 7.20. The lowest BCUT2D eigenvalue weighted by atomic mass is 9.94. The molecule has 1 saturated heterocycles. The van der Waals surface area contributed by atoms with Crippen LogP contribution in [0.1, 0.15) is 20.8 Å². The Balaban J connectivity index is 1.54. The van der Waals surface area contributed by atoms with Crippen LogP contribution < -0.4 is 9.64 Å². The molecule has 1 aliphatic rings. The van der Waals surface area contributed by atoms with Crippen molar-refractivity contribution in [2.24, 2.45) is 5.41 Å². The van der Waals surface area contributed by atoms with Gasteiger partial charge in [-0.2, -0.15) is 4.68 Å². The number of alkyl halides is 1. The van der Waals surface area contributed by atoms with E-state index in [0.29, 0.717) is 49.8 Å². The molecule has 2 aromatic heterocycles. The molecule has 0 radical (unpaired) electrons. The Morgan fingerprint density at radius 2 is 1.84 bits per heavy atom. The van der Waals surface area contributed by atoms with E-state index in [4.69, 9.17) is 16.3 Å². The summed E-state index contributed by atoms with van der Waals surface area (Å²) in [5.41, 5.74) is 1.55. The summed E-state index contributed by atoms with van der Waals surface area (Å²) in [7, 11) is 0. The van der Waals surface area contributed by atoms with Crippen LogP contribution in [0.5, 0.6) is 5.75 Å². The van der Waals surface area contributed by atoms with Gasteiger partial charge in [0.2, 0.25) is 5.91 Å². The molecule has 10 heteroatoms. The van der Waals surface area contributed by atoms with E-state index in [9.17, 15) is 4.79 Å². The number of halogens is 1. The number of piperazine rings is 1. The average Bonchev–Trinajstić information content (AvgIpc) is 3.24. The Morgan fingerprint density at radius 3 is 2.48 bits per heavy atom. The van der Waals surface area contributed by atoms with Gasteiger partial charge in [0.15, 0.2) is 17.0 Å². The number of fused-ring (bicyclic) bond motifs is 1. The Kier molecular flexibility index (Phi) is 5.95. The summed E-state index contributed by atoms with van der Waals surface area (Å²) in [4.78, 5) is 25.6. The second-order valence-electron chi connectivity index (χ2n) is 8.09. The number of aromatic nitrogens is 5. The number of ether oxygens (including phenoxy) is 1. The lowest BCUT2D eigenvalue weighted by molar-refractivity contribution is -0.139. The van der Waals surface area contributed by atoms with E-state index in [1.807, 2.05) is 49.9 Å². The third-order valence-corrected chi connectivity index (χ3v) is 6.06. The quantitative estimate of drug-likeness (QED) is 0.541. The van der Waals surface area contributed by atoms with Gasteiger partial charge in [0.05, 0.1) is 17.7 Å². The molecule has 9 nitrogen and oxygen atoms in total. The Labute approximate surface area is 186 Å². The number of anilines is 1. The maximum atomic E-state index is 12.7. The minimum absolute atomic E-state index is 0.0800. The molecule has 0 atom stereocenters. The van der Waals surface area contributed by atoms with E-state index in [2.05, 4.69) is 25.2 Å². The maximum Gasteiger partial charge on any atom is 0.229 e. The third kappa shape index (κ3) is 4.14. The number of rotatable bonds is 6. The Bertz CT molecular complexity index is 1060. The largest absolute Gasteiger partial charge is 0.494 e. The number of hydrogen-bond acceptors (Lipinski definition) is 7. The van der Waals surface area contributed by atoms with Gasteiger partial charge in [0.25, 0.3) is 0 Å². The average molecular weight is 444 g/mol. The molecule has 4 rings (SSSR count). The lowest BCUT2D eigenvalue weighted by Crippen LogP contribution is -2.52. The van der Waals surface area contributed by atoms with Gasteiger partial charge in [0, 0.05) is 32.1 Å². The molecule has 0 saturated carbocycles. The first-order valence-corrected chi connectivity index (χ1v) is 10.9. The first-order valence-electron chi connectivity index (χ1n) is 10.3. The maximum absolute atomic E-state index is 12.7. The number of nitrogens with zero attached hydrogens (tertiary/aromatic N) is 7. The van der Waals surface area contributed by atoms with Crippen molar-refractivity contribution in [1.82, 2.24) is 29.9 Å². The molecule has 0 spiro atoms. The van der Waals surface area contributed by atoms with E-state index in [1.54, 1.807) is 4.68 Å². The summed E-state index contributed by atoms with van der Waals surface area (Å²) in [5, 5.41) is 8.65. The molecule has 3 aromatic rings. The standard InChI is InChI=1S/C21H26ClN7O2/c1-4-31-16-7-5-15(6-8-16)29-19-17(25-26-29)18(23-14-24-19)27-9-11-28(12-10-27)20(30)21(2,3)13-22/h5-8,14H,4,9-13H2,1-3H3. The van der Waals surface area contributed by atoms with Gasteiger partial charge in [-0.05, 0) is 45.0 Å². The highest BCUT2D eigenvalue weighted by Gasteiger charge is 2.33. The molecule has 0 aliphatic carbocycles. The summed E-state index contributed by atoms with van der Waals surface area (Å²) >= 11 is 5.97.